The number of halogens is 2. The molecule has 0 saturated carbocycles. The first-order chi connectivity index (χ1) is 14.0. The van der Waals surface area contributed by atoms with E-state index in [0.29, 0.717) is 30.2 Å². The quantitative estimate of drug-likeness (QED) is 0.664. The van der Waals surface area contributed by atoms with Crippen molar-refractivity contribution in [3.8, 4) is 0 Å². The third-order valence-electron chi connectivity index (χ3n) is 4.39. The molecule has 1 aromatic carbocycles. The second-order valence-corrected chi connectivity index (χ2v) is 7.57. The second-order valence-electron chi connectivity index (χ2n) is 6.49. The fraction of sp³-hybridized carbons (Fsp3) is 0.211. The average Bonchev–Trinajstić information content (AvgIpc) is 3.33. The van der Waals surface area contributed by atoms with E-state index in [-0.39, 0.29) is 18.1 Å². The van der Waals surface area contributed by atoms with E-state index in [1.165, 1.54) is 29.9 Å². The monoisotopic (exact) mass is 418 g/mol. The number of rotatable bonds is 5. The smallest absolute Gasteiger partial charge is 0.260 e. The molecule has 1 aliphatic heterocycles. The summed E-state index contributed by atoms with van der Waals surface area (Å²) >= 11 is 1.35. The fourth-order valence-corrected chi connectivity index (χ4v) is 4.03. The molecule has 0 aliphatic carbocycles. The number of hydrogen-bond acceptors (Lipinski definition) is 6. The molecule has 0 atom stereocenters. The summed E-state index contributed by atoms with van der Waals surface area (Å²) in [6.07, 6.45) is 3.40. The third-order valence-corrected chi connectivity index (χ3v) is 5.38. The summed E-state index contributed by atoms with van der Waals surface area (Å²) in [6.45, 7) is 1.16. The standard InChI is InChI=1S/C19H16F2N4O3S/c20-12-1-2-14(13(21)7-12)22-17(26)9-25-5-3-15-16(8-25)29-19(23-15)24-18(27)11-4-6-28-10-11/h1-2,4,6-7,10H,3,5,8-9H2,(H,22,26)(H,23,24,27). The lowest BCUT2D eigenvalue weighted by molar-refractivity contribution is -0.117. The normalized spacial score (nSPS) is 13.7. The van der Waals surface area contributed by atoms with Crippen LogP contribution in [0.4, 0.5) is 19.6 Å². The molecule has 10 heteroatoms. The lowest BCUT2D eigenvalue weighted by Gasteiger charge is -2.25. The predicted molar refractivity (Wildman–Crippen MR) is 103 cm³/mol. The Morgan fingerprint density at radius 1 is 1.24 bits per heavy atom. The zero-order chi connectivity index (χ0) is 20.4. The molecule has 0 unspecified atom stereocenters. The molecule has 3 aromatic rings. The zero-order valence-electron chi connectivity index (χ0n) is 15.1. The van der Waals surface area contributed by atoms with Gasteiger partial charge in [0.2, 0.25) is 5.91 Å². The molecule has 2 aromatic heterocycles. The Morgan fingerprint density at radius 2 is 2.10 bits per heavy atom. The van der Waals surface area contributed by atoms with Gasteiger partial charge < -0.3 is 9.73 Å². The van der Waals surface area contributed by atoms with Gasteiger partial charge in [-0.15, -0.1) is 11.3 Å². The number of carbonyl (C=O) groups is 2. The maximum absolute atomic E-state index is 13.7. The molecule has 0 saturated heterocycles. The summed E-state index contributed by atoms with van der Waals surface area (Å²) in [6, 6.07) is 4.56. The summed E-state index contributed by atoms with van der Waals surface area (Å²) in [5.41, 5.74) is 1.24. The van der Waals surface area contributed by atoms with Crippen LogP contribution in [0, 0.1) is 11.6 Å². The number of hydrogen-bond donors (Lipinski definition) is 2. The fourth-order valence-electron chi connectivity index (χ4n) is 2.98. The van der Waals surface area contributed by atoms with Crippen LogP contribution >= 0.6 is 11.3 Å². The highest BCUT2D eigenvalue weighted by atomic mass is 32.1. The minimum Gasteiger partial charge on any atom is -0.472 e. The highest BCUT2D eigenvalue weighted by Gasteiger charge is 2.23. The van der Waals surface area contributed by atoms with Crippen LogP contribution in [-0.4, -0.2) is 34.8 Å². The van der Waals surface area contributed by atoms with Gasteiger partial charge in [-0.2, -0.15) is 0 Å². The van der Waals surface area contributed by atoms with Gasteiger partial charge in [-0.25, -0.2) is 13.8 Å². The Morgan fingerprint density at radius 3 is 2.86 bits per heavy atom. The van der Waals surface area contributed by atoms with Crippen molar-refractivity contribution in [2.24, 2.45) is 0 Å². The van der Waals surface area contributed by atoms with E-state index in [9.17, 15) is 18.4 Å². The topological polar surface area (TPSA) is 87.5 Å². The Labute approximate surface area is 168 Å². The highest BCUT2D eigenvalue weighted by Crippen LogP contribution is 2.28. The predicted octanol–water partition coefficient (Wildman–Crippen LogP) is 3.26. The van der Waals surface area contributed by atoms with Gasteiger partial charge in [0.05, 0.1) is 29.8 Å². The zero-order valence-corrected chi connectivity index (χ0v) is 15.9. The largest absolute Gasteiger partial charge is 0.472 e. The Balaban J connectivity index is 1.35. The number of thiazole rings is 1. The number of benzene rings is 1. The van der Waals surface area contributed by atoms with Gasteiger partial charge in [-0.05, 0) is 18.2 Å². The lowest BCUT2D eigenvalue weighted by Crippen LogP contribution is -2.36. The van der Waals surface area contributed by atoms with E-state index in [0.717, 1.165) is 22.7 Å². The number of amides is 2. The number of fused-ring (bicyclic) bond motifs is 1. The molecular weight excluding hydrogens is 402 g/mol. The number of anilines is 2. The first-order valence-electron chi connectivity index (χ1n) is 8.77. The Bertz CT molecular complexity index is 1050. The first kappa shape index (κ1) is 19.2. The molecular formula is C19H16F2N4O3S. The van der Waals surface area contributed by atoms with Crippen molar-refractivity contribution in [1.29, 1.82) is 0 Å². The van der Waals surface area contributed by atoms with Crippen LogP contribution < -0.4 is 10.6 Å². The molecule has 0 spiro atoms. The molecule has 0 bridgehead atoms. The Hall–Kier alpha value is -3.11. The molecule has 3 heterocycles. The van der Waals surface area contributed by atoms with Crippen molar-refractivity contribution in [2.45, 2.75) is 13.0 Å². The van der Waals surface area contributed by atoms with E-state index in [1.54, 1.807) is 6.07 Å². The van der Waals surface area contributed by atoms with Crippen LogP contribution in [0.25, 0.3) is 0 Å². The number of nitrogens with zero attached hydrogens (tertiary/aromatic N) is 2. The van der Waals surface area contributed by atoms with Gasteiger partial charge in [0.25, 0.3) is 5.91 Å². The molecule has 29 heavy (non-hydrogen) atoms. The number of aromatic nitrogens is 1. The summed E-state index contributed by atoms with van der Waals surface area (Å²) in [4.78, 5) is 31.6. The van der Waals surface area contributed by atoms with Crippen LogP contribution in [0.2, 0.25) is 0 Å². The third kappa shape index (κ3) is 4.49. The molecule has 7 nitrogen and oxygen atoms in total. The van der Waals surface area contributed by atoms with Crippen molar-refractivity contribution < 1.29 is 22.8 Å². The van der Waals surface area contributed by atoms with Crippen molar-refractivity contribution >= 4 is 34.0 Å². The summed E-state index contributed by atoms with van der Waals surface area (Å²) in [5, 5.41) is 5.68. The van der Waals surface area contributed by atoms with Gasteiger partial charge in [0.1, 0.15) is 17.9 Å². The summed E-state index contributed by atoms with van der Waals surface area (Å²) < 4.78 is 31.5. The van der Waals surface area contributed by atoms with E-state index in [2.05, 4.69) is 15.6 Å². The average molecular weight is 418 g/mol. The van der Waals surface area contributed by atoms with E-state index < -0.39 is 17.5 Å². The van der Waals surface area contributed by atoms with Gasteiger partial charge in [0.15, 0.2) is 5.13 Å². The molecule has 2 amide bonds. The van der Waals surface area contributed by atoms with Crippen LogP contribution in [0.1, 0.15) is 20.9 Å². The van der Waals surface area contributed by atoms with E-state index in [4.69, 9.17) is 4.42 Å². The molecule has 4 rings (SSSR count). The minimum atomic E-state index is -0.820. The summed E-state index contributed by atoms with van der Waals surface area (Å²) in [5.74, 6) is -2.22. The van der Waals surface area contributed by atoms with Gasteiger partial charge in [-0.3, -0.25) is 19.8 Å². The lowest BCUT2D eigenvalue weighted by atomic mass is 10.2. The molecule has 150 valence electrons. The first-order valence-corrected chi connectivity index (χ1v) is 9.59. The van der Waals surface area contributed by atoms with Crippen molar-refractivity contribution in [3.63, 3.8) is 0 Å². The van der Waals surface area contributed by atoms with Crippen molar-refractivity contribution in [2.75, 3.05) is 23.7 Å². The maximum atomic E-state index is 13.7. The molecule has 1 aliphatic rings. The van der Waals surface area contributed by atoms with Gasteiger partial charge in [-0.1, -0.05) is 0 Å². The van der Waals surface area contributed by atoms with Crippen LogP contribution in [0.15, 0.2) is 41.2 Å². The number of carbonyl (C=O) groups excluding carboxylic acids is 2. The SMILES string of the molecule is O=C(CN1CCc2nc(NC(=O)c3ccoc3)sc2C1)Nc1ccc(F)cc1F. The molecule has 0 radical (unpaired) electrons. The number of furan rings is 1. The second kappa shape index (κ2) is 8.10. The molecule has 0 fully saturated rings. The van der Waals surface area contributed by atoms with E-state index >= 15 is 0 Å². The van der Waals surface area contributed by atoms with Crippen LogP contribution in [-0.2, 0) is 17.8 Å². The Kier molecular flexibility index (Phi) is 5.36. The van der Waals surface area contributed by atoms with Crippen LogP contribution in [0.3, 0.4) is 0 Å². The molecule has 2 N–H and O–H groups in total. The van der Waals surface area contributed by atoms with Crippen LogP contribution in [0.5, 0.6) is 0 Å². The van der Waals surface area contributed by atoms with Crippen molar-refractivity contribution in [3.05, 3.63) is 64.6 Å². The summed E-state index contributed by atoms with van der Waals surface area (Å²) in [7, 11) is 0. The van der Waals surface area contributed by atoms with Gasteiger partial charge in [0, 0.05) is 30.5 Å². The number of nitrogens with one attached hydrogen (secondary N) is 2. The van der Waals surface area contributed by atoms with Gasteiger partial charge >= 0.3 is 0 Å². The minimum absolute atomic E-state index is 0.0591. The van der Waals surface area contributed by atoms with E-state index in [1.807, 2.05) is 4.90 Å². The highest BCUT2D eigenvalue weighted by molar-refractivity contribution is 7.15. The van der Waals surface area contributed by atoms with Crippen molar-refractivity contribution in [1.82, 2.24) is 9.88 Å². The maximum Gasteiger partial charge on any atom is 0.260 e.